The molecule has 0 spiro atoms. The molecular formula is C20H19N3OS. The van der Waals surface area contributed by atoms with Gasteiger partial charge in [-0.1, -0.05) is 30.3 Å². The summed E-state index contributed by atoms with van der Waals surface area (Å²) in [7, 11) is 0. The number of hydrogen-bond acceptors (Lipinski definition) is 5. The van der Waals surface area contributed by atoms with Gasteiger partial charge in [0.25, 0.3) is 0 Å². The summed E-state index contributed by atoms with van der Waals surface area (Å²) < 4.78 is 0. The van der Waals surface area contributed by atoms with Crippen LogP contribution in [0.2, 0.25) is 0 Å². The fourth-order valence-electron chi connectivity index (χ4n) is 3.11. The zero-order valence-corrected chi connectivity index (χ0v) is 14.9. The highest BCUT2D eigenvalue weighted by molar-refractivity contribution is 7.14. The van der Waals surface area contributed by atoms with Crippen LogP contribution in [0.4, 0.5) is 0 Å². The van der Waals surface area contributed by atoms with Gasteiger partial charge >= 0.3 is 0 Å². The molecule has 0 fully saturated rings. The second-order valence-corrected chi connectivity index (χ2v) is 7.48. The van der Waals surface area contributed by atoms with Crippen molar-refractivity contribution < 1.29 is 4.79 Å². The third kappa shape index (κ3) is 3.52. The molecule has 126 valence electrons. The van der Waals surface area contributed by atoms with Gasteiger partial charge in [-0.05, 0) is 19.1 Å². The van der Waals surface area contributed by atoms with Crippen molar-refractivity contribution in [1.82, 2.24) is 14.9 Å². The van der Waals surface area contributed by atoms with Crippen LogP contribution in [0.5, 0.6) is 0 Å². The summed E-state index contributed by atoms with van der Waals surface area (Å²) in [6, 6.07) is 14.1. The minimum atomic E-state index is 0.141. The van der Waals surface area contributed by atoms with E-state index < -0.39 is 0 Å². The SMILES string of the molecule is CC(=O)c1ccc(CN2CCc3nc(-c4ccccc4)ncc3C2)s1. The first-order valence-electron chi connectivity index (χ1n) is 8.41. The number of aromatic nitrogens is 2. The Bertz CT molecular complexity index is 904. The third-order valence-electron chi connectivity index (χ3n) is 4.43. The molecule has 0 amide bonds. The van der Waals surface area contributed by atoms with E-state index in [1.54, 1.807) is 18.3 Å². The number of nitrogens with zero attached hydrogens (tertiary/aromatic N) is 3. The third-order valence-corrected chi connectivity index (χ3v) is 5.60. The van der Waals surface area contributed by atoms with Crippen LogP contribution in [-0.4, -0.2) is 27.2 Å². The number of hydrogen-bond donors (Lipinski definition) is 0. The summed E-state index contributed by atoms with van der Waals surface area (Å²) in [6.45, 7) is 4.33. The Hall–Kier alpha value is -2.37. The van der Waals surface area contributed by atoms with Crippen LogP contribution in [0.3, 0.4) is 0 Å². The highest BCUT2D eigenvalue weighted by atomic mass is 32.1. The number of Topliss-reactive ketones (excluding diaryl/α,β-unsaturated/α-hetero) is 1. The predicted molar refractivity (Wildman–Crippen MR) is 99.6 cm³/mol. The summed E-state index contributed by atoms with van der Waals surface area (Å²) in [5.74, 6) is 0.944. The van der Waals surface area contributed by atoms with E-state index in [1.807, 2.05) is 42.6 Å². The number of thiophene rings is 1. The number of ketones is 1. The van der Waals surface area contributed by atoms with Crippen LogP contribution in [0.15, 0.2) is 48.7 Å². The molecular weight excluding hydrogens is 330 g/mol. The fraction of sp³-hybridized carbons (Fsp3) is 0.250. The van der Waals surface area contributed by atoms with Crippen molar-refractivity contribution in [2.24, 2.45) is 0 Å². The van der Waals surface area contributed by atoms with E-state index in [-0.39, 0.29) is 5.78 Å². The van der Waals surface area contributed by atoms with Crippen molar-refractivity contribution in [1.29, 1.82) is 0 Å². The van der Waals surface area contributed by atoms with E-state index in [4.69, 9.17) is 4.98 Å². The fourth-order valence-corrected chi connectivity index (χ4v) is 4.05. The molecule has 0 saturated carbocycles. The summed E-state index contributed by atoms with van der Waals surface area (Å²) in [5.41, 5.74) is 3.41. The van der Waals surface area contributed by atoms with Crippen molar-refractivity contribution in [3.63, 3.8) is 0 Å². The Morgan fingerprint density at radius 1 is 1.20 bits per heavy atom. The molecule has 4 nitrogen and oxygen atoms in total. The van der Waals surface area contributed by atoms with Crippen LogP contribution < -0.4 is 0 Å². The number of rotatable bonds is 4. The maximum atomic E-state index is 11.4. The van der Waals surface area contributed by atoms with Crippen LogP contribution in [-0.2, 0) is 19.5 Å². The molecule has 0 N–H and O–H groups in total. The van der Waals surface area contributed by atoms with Gasteiger partial charge in [0.1, 0.15) is 0 Å². The number of benzene rings is 1. The average molecular weight is 349 g/mol. The van der Waals surface area contributed by atoms with Crippen molar-refractivity contribution in [3.05, 3.63) is 69.7 Å². The standard InChI is InChI=1S/C20H19N3OS/c1-14(24)19-8-7-17(25-19)13-23-10-9-18-16(12-23)11-21-20(22-18)15-5-3-2-4-6-15/h2-8,11H,9-10,12-13H2,1H3. The molecule has 1 aliphatic rings. The quantitative estimate of drug-likeness (QED) is 0.669. The number of carbonyl (C=O) groups excluding carboxylic acids is 1. The Morgan fingerprint density at radius 2 is 2.04 bits per heavy atom. The van der Waals surface area contributed by atoms with Crippen LogP contribution in [0.1, 0.15) is 32.7 Å². The van der Waals surface area contributed by atoms with Gasteiger partial charge in [0, 0.05) is 48.3 Å². The van der Waals surface area contributed by atoms with Crippen LogP contribution in [0.25, 0.3) is 11.4 Å². The highest BCUT2D eigenvalue weighted by Crippen LogP contribution is 2.24. The second-order valence-electron chi connectivity index (χ2n) is 6.31. The molecule has 0 unspecified atom stereocenters. The molecule has 0 bridgehead atoms. The number of carbonyl (C=O) groups is 1. The van der Waals surface area contributed by atoms with Crippen LogP contribution >= 0.6 is 11.3 Å². The first-order valence-corrected chi connectivity index (χ1v) is 9.23. The largest absolute Gasteiger partial charge is 0.294 e. The Labute approximate surface area is 151 Å². The Morgan fingerprint density at radius 3 is 2.80 bits per heavy atom. The van der Waals surface area contributed by atoms with E-state index in [1.165, 1.54) is 10.4 Å². The van der Waals surface area contributed by atoms with E-state index in [2.05, 4.69) is 16.0 Å². The normalized spacial score (nSPS) is 14.3. The van der Waals surface area contributed by atoms with E-state index in [9.17, 15) is 4.79 Å². The van der Waals surface area contributed by atoms with Gasteiger partial charge in [0.2, 0.25) is 0 Å². The summed E-state index contributed by atoms with van der Waals surface area (Å²) in [5, 5.41) is 0. The average Bonchev–Trinajstić information content (AvgIpc) is 3.11. The first-order chi connectivity index (χ1) is 12.2. The van der Waals surface area contributed by atoms with E-state index >= 15 is 0 Å². The Balaban J connectivity index is 1.49. The molecule has 3 heterocycles. The molecule has 25 heavy (non-hydrogen) atoms. The van der Waals surface area contributed by atoms with Gasteiger partial charge < -0.3 is 0 Å². The van der Waals surface area contributed by atoms with Gasteiger partial charge in [0.05, 0.1) is 10.6 Å². The second kappa shape index (κ2) is 6.86. The maximum absolute atomic E-state index is 11.4. The molecule has 0 radical (unpaired) electrons. The summed E-state index contributed by atoms with van der Waals surface area (Å²) in [4.78, 5) is 25.2. The van der Waals surface area contributed by atoms with Crippen molar-refractivity contribution in [3.8, 4) is 11.4 Å². The predicted octanol–water partition coefficient (Wildman–Crippen LogP) is 3.97. The first kappa shape index (κ1) is 16.1. The van der Waals surface area contributed by atoms with Crippen LogP contribution in [0, 0.1) is 0 Å². The molecule has 4 rings (SSSR count). The lowest BCUT2D eigenvalue weighted by Crippen LogP contribution is -2.30. The topological polar surface area (TPSA) is 46.1 Å². The highest BCUT2D eigenvalue weighted by Gasteiger charge is 2.19. The minimum absolute atomic E-state index is 0.141. The summed E-state index contributed by atoms with van der Waals surface area (Å²) >= 11 is 1.59. The molecule has 0 saturated heterocycles. The molecule has 3 aromatic rings. The molecule has 2 aromatic heterocycles. The van der Waals surface area contributed by atoms with Gasteiger partial charge in [0.15, 0.2) is 11.6 Å². The monoisotopic (exact) mass is 349 g/mol. The van der Waals surface area contributed by atoms with Gasteiger partial charge in [-0.3, -0.25) is 9.69 Å². The lowest BCUT2D eigenvalue weighted by Gasteiger charge is -2.27. The smallest absolute Gasteiger partial charge is 0.169 e. The van der Waals surface area contributed by atoms with Gasteiger partial charge in [-0.2, -0.15) is 0 Å². The number of fused-ring (bicyclic) bond motifs is 1. The Kier molecular flexibility index (Phi) is 4.42. The molecule has 1 aromatic carbocycles. The van der Waals surface area contributed by atoms with E-state index in [0.29, 0.717) is 0 Å². The van der Waals surface area contributed by atoms with Crippen molar-refractivity contribution >= 4 is 17.1 Å². The van der Waals surface area contributed by atoms with Crippen molar-refractivity contribution in [2.75, 3.05) is 6.54 Å². The molecule has 1 aliphatic heterocycles. The lowest BCUT2D eigenvalue weighted by atomic mass is 10.1. The molecule has 0 aliphatic carbocycles. The van der Waals surface area contributed by atoms with Gasteiger partial charge in [-0.25, -0.2) is 9.97 Å². The maximum Gasteiger partial charge on any atom is 0.169 e. The molecule has 0 atom stereocenters. The van der Waals surface area contributed by atoms with Gasteiger partial charge in [-0.15, -0.1) is 11.3 Å². The van der Waals surface area contributed by atoms with E-state index in [0.717, 1.165) is 48.0 Å². The van der Waals surface area contributed by atoms with Crippen molar-refractivity contribution in [2.45, 2.75) is 26.4 Å². The zero-order chi connectivity index (χ0) is 17.2. The zero-order valence-electron chi connectivity index (χ0n) is 14.1. The summed E-state index contributed by atoms with van der Waals surface area (Å²) in [6.07, 6.45) is 2.90. The molecule has 5 heteroatoms. The minimum Gasteiger partial charge on any atom is -0.294 e. The lowest BCUT2D eigenvalue weighted by molar-refractivity contribution is 0.102.